The van der Waals surface area contributed by atoms with Gasteiger partial charge in [-0.15, -0.1) is 5.10 Å². The monoisotopic (exact) mass is 249 g/mol. The Morgan fingerprint density at radius 2 is 2.17 bits per heavy atom. The van der Waals surface area contributed by atoms with E-state index in [2.05, 4.69) is 37.5 Å². The number of nitrogens with one attached hydrogen (secondary N) is 1. The Kier molecular flexibility index (Phi) is 3.66. The van der Waals surface area contributed by atoms with Crippen molar-refractivity contribution >= 4 is 5.95 Å². The molecule has 2 aromatic rings. The first kappa shape index (κ1) is 12.2. The molecule has 96 valence electrons. The van der Waals surface area contributed by atoms with Crippen molar-refractivity contribution in [2.24, 2.45) is 7.05 Å². The van der Waals surface area contributed by atoms with Crippen molar-refractivity contribution in [3.63, 3.8) is 0 Å². The topological polar surface area (TPSA) is 90.6 Å². The van der Waals surface area contributed by atoms with Gasteiger partial charge in [0.2, 0.25) is 5.95 Å². The molecule has 2 rings (SSSR count). The molecule has 0 aromatic carbocycles. The molecule has 0 fully saturated rings. The molecule has 0 aliphatic heterocycles. The summed E-state index contributed by atoms with van der Waals surface area (Å²) in [6.07, 6.45) is 2.58. The quantitative estimate of drug-likeness (QED) is 0.824. The van der Waals surface area contributed by atoms with Crippen LogP contribution in [0, 0.1) is 0 Å². The number of aromatic nitrogens is 6. The predicted octanol–water partition coefficient (Wildman–Crippen LogP) is 0.498. The number of ether oxygens (including phenoxy) is 1. The molecule has 0 unspecified atom stereocenters. The van der Waals surface area contributed by atoms with Crippen LogP contribution in [0.25, 0.3) is 11.5 Å². The van der Waals surface area contributed by atoms with E-state index in [0.717, 1.165) is 13.0 Å². The molecule has 1 N–H and O–H groups in total. The van der Waals surface area contributed by atoms with Crippen LogP contribution >= 0.6 is 0 Å². The lowest BCUT2D eigenvalue weighted by Crippen LogP contribution is -2.08. The van der Waals surface area contributed by atoms with E-state index >= 15 is 0 Å². The molecule has 0 spiro atoms. The van der Waals surface area contributed by atoms with Gasteiger partial charge in [-0.3, -0.25) is 0 Å². The van der Waals surface area contributed by atoms with E-state index < -0.39 is 0 Å². The van der Waals surface area contributed by atoms with Crippen LogP contribution in [-0.4, -0.2) is 43.6 Å². The van der Waals surface area contributed by atoms with Crippen LogP contribution < -0.4 is 10.1 Å². The van der Waals surface area contributed by atoms with Gasteiger partial charge in [0.05, 0.1) is 13.3 Å². The summed E-state index contributed by atoms with van der Waals surface area (Å²) >= 11 is 0. The van der Waals surface area contributed by atoms with Gasteiger partial charge in [0, 0.05) is 13.6 Å². The van der Waals surface area contributed by atoms with Crippen molar-refractivity contribution in [2.75, 3.05) is 19.0 Å². The van der Waals surface area contributed by atoms with Crippen molar-refractivity contribution in [3.05, 3.63) is 6.20 Å². The van der Waals surface area contributed by atoms with Crippen molar-refractivity contribution in [3.8, 4) is 17.5 Å². The molecular formula is C10H15N7O. The van der Waals surface area contributed by atoms with Crippen molar-refractivity contribution < 1.29 is 4.74 Å². The first-order chi connectivity index (χ1) is 8.74. The fraction of sp³-hybridized carbons (Fsp3) is 0.500. The number of methoxy groups -OCH3 is 1. The zero-order valence-corrected chi connectivity index (χ0v) is 10.6. The minimum atomic E-state index is 0.264. The normalized spacial score (nSPS) is 10.4. The number of nitrogens with zero attached hydrogens (tertiary/aromatic N) is 6. The summed E-state index contributed by atoms with van der Waals surface area (Å²) < 4.78 is 6.66. The highest BCUT2D eigenvalue weighted by atomic mass is 16.5. The molecule has 8 nitrogen and oxygen atoms in total. The molecule has 0 saturated heterocycles. The van der Waals surface area contributed by atoms with E-state index in [-0.39, 0.29) is 6.01 Å². The maximum atomic E-state index is 5.06. The minimum absolute atomic E-state index is 0.264. The SMILES string of the molecule is CCCNc1nc(OC)nc(-c2cnnn2C)n1. The first-order valence-corrected chi connectivity index (χ1v) is 5.63. The molecule has 0 saturated carbocycles. The lowest BCUT2D eigenvalue weighted by molar-refractivity contribution is 0.379. The van der Waals surface area contributed by atoms with Crippen molar-refractivity contribution in [1.29, 1.82) is 0 Å². The van der Waals surface area contributed by atoms with Gasteiger partial charge in [-0.25, -0.2) is 4.68 Å². The van der Waals surface area contributed by atoms with Gasteiger partial charge in [-0.2, -0.15) is 15.0 Å². The van der Waals surface area contributed by atoms with E-state index in [1.165, 1.54) is 7.11 Å². The Balaban J connectivity index is 2.38. The molecule has 2 aromatic heterocycles. The van der Waals surface area contributed by atoms with Crippen LogP contribution in [0.1, 0.15) is 13.3 Å². The summed E-state index contributed by atoms with van der Waals surface area (Å²) in [5, 5.41) is 10.7. The van der Waals surface area contributed by atoms with E-state index in [9.17, 15) is 0 Å². The van der Waals surface area contributed by atoms with Crippen LogP contribution in [-0.2, 0) is 7.05 Å². The second-order valence-electron chi connectivity index (χ2n) is 3.64. The predicted molar refractivity (Wildman–Crippen MR) is 65.2 cm³/mol. The van der Waals surface area contributed by atoms with Gasteiger partial charge in [-0.05, 0) is 6.42 Å². The fourth-order valence-corrected chi connectivity index (χ4v) is 1.37. The molecule has 18 heavy (non-hydrogen) atoms. The van der Waals surface area contributed by atoms with E-state index in [0.29, 0.717) is 17.5 Å². The first-order valence-electron chi connectivity index (χ1n) is 5.63. The molecule has 0 amide bonds. The van der Waals surface area contributed by atoms with Crippen molar-refractivity contribution in [2.45, 2.75) is 13.3 Å². The van der Waals surface area contributed by atoms with E-state index in [4.69, 9.17) is 4.74 Å². The summed E-state index contributed by atoms with van der Waals surface area (Å²) in [4.78, 5) is 12.6. The summed E-state index contributed by atoms with van der Waals surface area (Å²) in [7, 11) is 3.29. The summed E-state index contributed by atoms with van der Waals surface area (Å²) in [6, 6.07) is 0.264. The van der Waals surface area contributed by atoms with Crippen LogP contribution in [0.2, 0.25) is 0 Å². The Morgan fingerprint density at radius 3 is 2.78 bits per heavy atom. The second kappa shape index (κ2) is 5.39. The van der Waals surface area contributed by atoms with Crippen molar-refractivity contribution in [1.82, 2.24) is 29.9 Å². The average molecular weight is 249 g/mol. The molecule has 2 heterocycles. The largest absolute Gasteiger partial charge is 0.467 e. The summed E-state index contributed by atoms with van der Waals surface area (Å²) in [5.41, 5.74) is 0.704. The van der Waals surface area contributed by atoms with Crippen LogP contribution in [0.3, 0.4) is 0 Å². The molecule has 0 bridgehead atoms. The van der Waals surface area contributed by atoms with Gasteiger partial charge >= 0.3 is 6.01 Å². The lowest BCUT2D eigenvalue weighted by atomic mass is 10.4. The van der Waals surface area contributed by atoms with Gasteiger partial charge in [0.25, 0.3) is 0 Å². The van der Waals surface area contributed by atoms with E-state index in [1.807, 2.05) is 0 Å². The molecular weight excluding hydrogens is 234 g/mol. The van der Waals surface area contributed by atoms with Crippen LogP contribution in [0.15, 0.2) is 6.20 Å². The Labute approximate surface area is 104 Å². The molecule has 8 heteroatoms. The third kappa shape index (κ3) is 2.53. The zero-order chi connectivity index (χ0) is 13.0. The molecule has 0 radical (unpaired) electrons. The smallest absolute Gasteiger partial charge is 0.321 e. The maximum Gasteiger partial charge on any atom is 0.321 e. The van der Waals surface area contributed by atoms with E-state index in [1.54, 1.807) is 17.9 Å². The van der Waals surface area contributed by atoms with Gasteiger partial charge in [0.15, 0.2) is 5.82 Å². The standard InChI is InChI=1S/C10H15N7O/c1-4-5-11-9-13-8(14-10(15-9)18-3)7-6-12-16-17(7)2/h6H,4-5H2,1-3H3,(H,11,13,14,15). The molecule has 0 atom stereocenters. The highest BCUT2D eigenvalue weighted by Crippen LogP contribution is 2.16. The highest BCUT2D eigenvalue weighted by Gasteiger charge is 2.12. The zero-order valence-electron chi connectivity index (χ0n) is 10.6. The minimum Gasteiger partial charge on any atom is -0.467 e. The van der Waals surface area contributed by atoms with Gasteiger partial charge < -0.3 is 10.1 Å². The third-order valence-electron chi connectivity index (χ3n) is 2.27. The maximum absolute atomic E-state index is 5.06. The molecule has 0 aliphatic rings. The summed E-state index contributed by atoms with van der Waals surface area (Å²) in [6.45, 7) is 2.85. The number of rotatable bonds is 5. The Hall–Kier alpha value is -2.25. The molecule has 0 aliphatic carbocycles. The highest BCUT2D eigenvalue weighted by molar-refractivity contribution is 5.50. The second-order valence-corrected chi connectivity index (χ2v) is 3.64. The van der Waals surface area contributed by atoms with Crippen LogP contribution in [0.5, 0.6) is 6.01 Å². The Bertz CT molecular complexity index is 525. The Morgan fingerprint density at radius 1 is 1.33 bits per heavy atom. The average Bonchev–Trinajstić information content (AvgIpc) is 2.82. The number of hydrogen-bond acceptors (Lipinski definition) is 7. The summed E-state index contributed by atoms with van der Waals surface area (Å²) in [5.74, 6) is 0.966. The third-order valence-corrected chi connectivity index (χ3v) is 2.27. The fourth-order valence-electron chi connectivity index (χ4n) is 1.37. The van der Waals surface area contributed by atoms with Gasteiger partial charge in [-0.1, -0.05) is 12.1 Å². The lowest BCUT2D eigenvalue weighted by Gasteiger charge is -2.06. The van der Waals surface area contributed by atoms with Gasteiger partial charge in [0.1, 0.15) is 5.69 Å². The number of anilines is 1. The van der Waals surface area contributed by atoms with Crippen LogP contribution in [0.4, 0.5) is 5.95 Å². The number of aryl methyl sites for hydroxylation is 1. The number of hydrogen-bond donors (Lipinski definition) is 1.